The fraction of sp³-hybridized carbons (Fsp3) is 0.571. The van der Waals surface area contributed by atoms with Crippen molar-refractivity contribution < 1.29 is 9.47 Å². The van der Waals surface area contributed by atoms with Crippen LogP contribution in [0.1, 0.15) is 18.9 Å². The summed E-state index contributed by atoms with van der Waals surface area (Å²) in [5.41, 5.74) is 6.75. The first-order valence-electron chi connectivity index (χ1n) is 6.39. The van der Waals surface area contributed by atoms with Crippen LogP contribution in [0.15, 0.2) is 18.2 Å². The van der Waals surface area contributed by atoms with Crippen LogP contribution in [-0.2, 0) is 6.42 Å². The highest BCUT2D eigenvalue weighted by molar-refractivity contribution is 7.99. The maximum atomic E-state index is 5.78. The largest absolute Gasteiger partial charge is 0.493 e. The van der Waals surface area contributed by atoms with Crippen molar-refractivity contribution in [2.45, 2.75) is 19.8 Å². The average molecular weight is 269 g/mol. The highest BCUT2D eigenvalue weighted by Crippen LogP contribution is 2.28. The summed E-state index contributed by atoms with van der Waals surface area (Å²) in [7, 11) is 1.66. The van der Waals surface area contributed by atoms with E-state index in [0.29, 0.717) is 6.54 Å². The molecule has 4 heteroatoms. The Balaban J connectivity index is 2.52. The Morgan fingerprint density at radius 3 is 2.78 bits per heavy atom. The lowest BCUT2D eigenvalue weighted by molar-refractivity contribution is 0.295. The van der Waals surface area contributed by atoms with Crippen LogP contribution in [0.3, 0.4) is 0 Å². The quantitative estimate of drug-likeness (QED) is 0.700. The molecule has 0 bridgehead atoms. The minimum Gasteiger partial charge on any atom is -0.493 e. The van der Waals surface area contributed by atoms with Crippen LogP contribution in [0, 0.1) is 0 Å². The van der Waals surface area contributed by atoms with Crippen LogP contribution < -0.4 is 15.2 Å². The van der Waals surface area contributed by atoms with Crippen molar-refractivity contribution in [2.75, 3.05) is 31.8 Å². The minimum absolute atomic E-state index is 0.652. The molecule has 0 aliphatic rings. The van der Waals surface area contributed by atoms with Gasteiger partial charge in [-0.25, -0.2) is 0 Å². The van der Waals surface area contributed by atoms with Crippen molar-refractivity contribution in [3.63, 3.8) is 0 Å². The average Bonchev–Trinajstić information content (AvgIpc) is 2.39. The van der Waals surface area contributed by atoms with E-state index >= 15 is 0 Å². The Morgan fingerprint density at radius 1 is 1.28 bits per heavy atom. The van der Waals surface area contributed by atoms with Crippen molar-refractivity contribution in [3.8, 4) is 11.5 Å². The zero-order valence-electron chi connectivity index (χ0n) is 11.3. The van der Waals surface area contributed by atoms with Crippen molar-refractivity contribution >= 4 is 11.8 Å². The first kappa shape index (κ1) is 15.2. The molecule has 1 rings (SSSR count). The number of hydrogen-bond donors (Lipinski definition) is 1. The van der Waals surface area contributed by atoms with Gasteiger partial charge in [0.25, 0.3) is 0 Å². The lowest BCUT2D eigenvalue weighted by atomic mass is 10.1. The molecule has 0 saturated heterocycles. The second-order valence-electron chi connectivity index (χ2n) is 3.92. The first-order chi connectivity index (χ1) is 8.81. The molecule has 18 heavy (non-hydrogen) atoms. The van der Waals surface area contributed by atoms with Crippen LogP contribution in [0.5, 0.6) is 11.5 Å². The number of hydrogen-bond acceptors (Lipinski definition) is 4. The summed E-state index contributed by atoms with van der Waals surface area (Å²) in [5.74, 6) is 3.92. The Hall–Kier alpha value is -0.870. The molecule has 0 amide bonds. The monoisotopic (exact) mass is 269 g/mol. The van der Waals surface area contributed by atoms with Crippen LogP contribution in [0.4, 0.5) is 0 Å². The van der Waals surface area contributed by atoms with E-state index in [2.05, 4.69) is 6.92 Å². The van der Waals surface area contributed by atoms with Gasteiger partial charge in [0, 0.05) is 0 Å². The minimum atomic E-state index is 0.652. The summed E-state index contributed by atoms with van der Waals surface area (Å²) in [5, 5.41) is 0. The van der Waals surface area contributed by atoms with Gasteiger partial charge in [-0.1, -0.05) is 13.0 Å². The van der Waals surface area contributed by atoms with Gasteiger partial charge in [0.05, 0.1) is 13.7 Å². The van der Waals surface area contributed by atoms with Gasteiger partial charge in [-0.15, -0.1) is 0 Å². The Morgan fingerprint density at radius 2 is 2.11 bits per heavy atom. The highest BCUT2D eigenvalue weighted by Gasteiger charge is 2.05. The van der Waals surface area contributed by atoms with Gasteiger partial charge in [0.2, 0.25) is 0 Å². The van der Waals surface area contributed by atoms with Crippen molar-refractivity contribution in [2.24, 2.45) is 5.73 Å². The van der Waals surface area contributed by atoms with Gasteiger partial charge in [-0.2, -0.15) is 11.8 Å². The summed E-state index contributed by atoms with van der Waals surface area (Å²) in [6.45, 7) is 3.55. The fourth-order valence-corrected chi connectivity index (χ4v) is 2.25. The number of methoxy groups -OCH3 is 1. The predicted octanol–water partition coefficient (Wildman–Crippen LogP) is 2.72. The smallest absolute Gasteiger partial charge is 0.161 e. The van der Waals surface area contributed by atoms with Gasteiger partial charge in [0.15, 0.2) is 11.5 Å². The van der Waals surface area contributed by atoms with Gasteiger partial charge < -0.3 is 15.2 Å². The zero-order chi connectivity index (χ0) is 13.2. The molecule has 102 valence electrons. The number of rotatable bonds is 9. The molecule has 1 aromatic carbocycles. The van der Waals surface area contributed by atoms with Crippen molar-refractivity contribution in [1.29, 1.82) is 0 Å². The first-order valence-corrected chi connectivity index (χ1v) is 7.54. The number of nitrogens with two attached hydrogens (primary N) is 1. The number of thioether (sulfide) groups is 1. The Kier molecular flexibility index (Phi) is 7.69. The lowest BCUT2D eigenvalue weighted by Gasteiger charge is -2.12. The SMILES string of the molecule is CCSCCCOc1cc(CCN)ccc1OC. The van der Waals surface area contributed by atoms with Crippen molar-refractivity contribution in [1.82, 2.24) is 0 Å². The molecule has 0 spiro atoms. The van der Waals surface area contributed by atoms with Crippen LogP contribution in [0.25, 0.3) is 0 Å². The molecular formula is C14H23NO2S. The molecular weight excluding hydrogens is 246 g/mol. The summed E-state index contributed by atoms with van der Waals surface area (Å²) in [6, 6.07) is 6.01. The van der Waals surface area contributed by atoms with E-state index in [4.69, 9.17) is 15.2 Å². The van der Waals surface area contributed by atoms with Gasteiger partial charge in [-0.3, -0.25) is 0 Å². The molecule has 0 aromatic heterocycles. The molecule has 0 saturated carbocycles. The lowest BCUT2D eigenvalue weighted by Crippen LogP contribution is -2.04. The van der Waals surface area contributed by atoms with E-state index in [1.807, 2.05) is 30.0 Å². The molecule has 2 N–H and O–H groups in total. The fourth-order valence-electron chi connectivity index (χ4n) is 1.64. The van der Waals surface area contributed by atoms with E-state index in [0.717, 1.165) is 42.5 Å². The third-order valence-electron chi connectivity index (χ3n) is 2.56. The van der Waals surface area contributed by atoms with Crippen LogP contribution >= 0.6 is 11.8 Å². The van der Waals surface area contributed by atoms with E-state index in [1.165, 1.54) is 5.56 Å². The molecule has 0 aliphatic heterocycles. The third-order valence-corrected chi connectivity index (χ3v) is 3.54. The Bertz CT molecular complexity index is 345. The van der Waals surface area contributed by atoms with Crippen LogP contribution in [-0.4, -0.2) is 31.8 Å². The van der Waals surface area contributed by atoms with E-state index in [9.17, 15) is 0 Å². The summed E-state index contributed by atoms with van der Waals surface area (Å²) in [4.78, 5) is 0. The van der Waals surface area contributed by atoms with Crippen molar-refractivity contribution in [3.05, 3.63) is 23.8 Å². The molecule has 0 atom stereocenters. The van der Waals surface area contributed by atoms with Gasteiger partial charge in [-0.05, 0) is 48.6 Å². The number of ether oxygens (including phenoxy) is 2. The molecule has 3 nitrogen and oxygen atoms in total. The second-order valence-corrected chi connectivity index (χ2v) is 5.32. The molecule has 0 unspecified atom stereocenters. The van der Waals surface area contributed by atoms with E-state index in [1.54, 1.807) is 7.11 Å². The summed E-state index contributed by atoms with van der Waals surface area (Å²) < 4.78 is 11.1. The number of benzene rings is 1. The van der Waals surface area contributed by atoms with Gasteiger partial charge in [0.1, 0.15) is 0 Å². The molecule has 0 radical (unpaired) electrons. The van der Waals surface area contributed by atoms with E-state index < -0.39 is 0 Å². The topological polar surface area (TPSA) is 44.5 Å². The molecule has 0 fully saturated rings. The standard InChI is InChI=1S/C14H23NO2S/c1-3-18-10-4-9-17-14-11-12(7-8-15)5-6-13(14)16-2/h5-6,11H,3-4,7-10,15H2,1-2H3. The van der Waals surface area contributed by atoms with Gasteiger partial charge >= 0.3 is 0 Å². The summed E-state index contributed by atoms with van der Waals surface area (Å²) in [6.07, 6.45) is 1.93. The molecule has 1 aromatic rings. The second kappa shape index (κ2) is 9.11. The zero-order valence-corrected chi connectivity index (χ0v) is 12.1. The van der Waals surface area contributed by atoms with Crippen LogP contribution in [0.2, 0.25) is 0 Å². The predicted molar refractivity (Wildman–Crippen MR) is 78.9 cm³/mol. The normalized spacial score (nSPS) is 10.4. The molecule has 0 aliphatic carbocycles. The highest BCUT2D eigenvalue weighted by atomic mass is 32.2. The third kappa shape index (κ3) is 5.19. The Labute approximate surface area is 114 Å². The maximum absolute atomic E-state index is 5.78. The molecule has 0 heterocycles. The maximum Gasteiger partial charge on any atom is 0.161 e. The van der Waals surface area contributed by atoms with E-state index in [-0.39, 0.29) is 0 Å². The summed E-state index contributed by atoms with van der Waals surface area (Å²) >= 11 is 1.94.